The number of urea groups is 1. The third-order valence-electron chi connectivity index (χ3n) is 4.75. The molecule has 1 aliphatic rings. The lowest BCUT2D eigenvalue weighted by Gasteiger charge is -2.30. The number of halogens is 3. The van der Waals surface area contributed by atoms with Crippen LogP contribution in [-0.4, -0.2) is 34.2 Å². The van der Waals surface area contributed by atoms with Gasteiger partial charge >= 0.3 is 12.2 Å². The molecule has 3 heterocycles. The van der Waals surface area contributed by atoms with Gasteiger partial charge < -0.3 is 19.1 Å². The van der Waals surface area contributed by atoms with Crippen molar-refractivity contribution in [3.63, 3.8) is 0 Å². The molecule has 7 nitrogen and oxygen atoms in total. The molecule has 152 valence electrons. The van der Waals surface area contributed by atoms with Crippen molar-refractivity contribution in [3.8, 4) is 11.7 Å². The third kappa shape index (κ3) is 4.25. The number of carbonyl (C=O) groups is 1. The van der Waals surface area contributed by atoms with Crippen LogP contribution in [0.1, 0.15) is 30.2 Å². The summed E-state index contributed by atoms with van der Waals surface area (Å²) < 4.78 is 49.3. The van der Waals surface area contributed by atoms with E-state index in [0.29, 0.717) is 43.5 Å². The minimum Gasteiger partial charge on any atom is -0.459 e. The first-order valence-electron chi connectivity index (χ1n) is 9.00. The SMILES string of the molecule is O=C(Nc1cccc(C(F)(F)F)c1)N1CCC(c2nnc(-c3ccco3)o2)CC1. The molecule has 1 N–H and O–H groups in total. The molecular weight excluding hydrogens is 389 g/mol. The van der Waals surface area contributed by atoms with Crippen LogP contribution in [0.2, 0.25) is 0 Å². The van der Waals surface area contributed by atoms with Gasteiger partial charge in [0.25, 0.3) is 5.89 Å². The largest absolute Gasteiger partial charge is 0.459 e. The molecule has 10 heteroatoms. The van der Waals surface area contributed by atoms with E-state index < -0.39 is 17.8 Å². The summed E-state index contributed by atoms with van der Waals surface area (Å²) in [7, 11) is 0. The molecule has 1 aliphatic heterocycles. The summed E-state index contributed by atoms with van der Waals surface area (Å²) in [6.45, 7) is 0.849. The van der Waals surface area contributed by atoms with E-state index in [1.807, 2.05) is 0 Å². The molecule has 0 atom stereocenters. The molecule has 1 saturated heterocycles. The van der Waals surface area contributed by atoms with Crippen molar-refractivity contribution in [2.24, 2.45) is 0 Å². The molecule has 0 radical (unpaired) electrons. The van der Waals surface area contributed by atoms with Gasteiger partial charge in [0.15, 0.2) is 5.76 Å². The first-order valence-corrected chi connectivity index (χ1v) is 9.00. The number of benzene rings is 1. The third-order valence-corrected chi connectivity index (χ3v) is 4.75. The predicted molar refractivity (Wildman–Crippen MR) is 96.0 cm³/mol. The van der Waals surface area contributed by atoms with Crippen LogP contribution >= 0.6 is 0 Å². The maximum Gasteiger partial charge on any atom is 0.416 e. The zero-order valence-corrected chi connectivity index (χ0v) is 15.1. The van der Waals surface area contributed by atoms with E-state index in [0.717, 1.165) is 12.1 Å². The van der Waals surface area contributed by atoms with Crippen molar-refractivity contribution in [2.45, 2.75) is 24.9 Å². The van der Waals surface area contributed by atoms with E-state index in [-0.39, 0.29) is 11.6 Å². The maximum absolute atomic E-state index is 12.8. The van der Waals surface area contributed by atoms with Gasteiger partial charge in [-0.25, -0.2) is 4.79 Å². The quantitative estimate of drug-likeness (QED) is 0.678. The van der Waals surface area contributed by atoms with Crippen molar-refractivity contribution in [1.82, 2.24) is 15.1 Å². The van der Waals surface area contributed by atoms with E-state index >= 15 is 0 Å². The fourth-order valence-electron chi connectivity index (χ4n) is 3.20. The topological polar surface area (TPSA) is 84.4 Å². The van der Waals surface area contributed by atoms with Crippen molar-refractivity contribution in [3.05, 3.63) is 54.1 Å². The van der Waals surface area contributed by atoms with Gasteiger partial charge in [0, 0.05) is 24.7 Å². The Hall–Kier alpha value is -3.30. The molecule has 2 amide bonds. The fourth-order valence-corrected chi connectivity index (χ4v) is 3.20. The predicted octanol–water partition coefficient (Wildman–Crippen LogP) is 4.76. The Morgan fingerprint density at radius 1 is 1.14 bits per heavy atom. The van der Waals surface area contributed by atoms with Crippen LogP contribution in [-0.2, 0) is 6.18 Å². The molecule has 0 bridgehead atoms. The van der Waals surface area contributed by atoms with Crippen LogP contribution in [0.5, 0.6) is 0 Å². The van der Waals surface area contributed by atoms with Crippen LogP contribution in [0.15, 0.2) is 51.5 Å². The Morgan fingerprint density at radius 3 is 2.62 bits per heavy atom. The molecule has 0 spiro atoms. The molecular formula is C19H17F3N4O3. The van der Waals surface area contributed by atoms with Gasteiger partial charge in [0.05, 0.1) is 11.8 Å². The van der Waals surface area contributed by atoms with Gasteiger partial charge in [-0.1, -0.05) is 6.07 Å². The van der Waals surface area contributed by atoms with Gasteiger partial charge in [-0.15, -0.1) is 10.2 Å². The number of likely N-dealkylation sites (tertiary alicyclic amines) is 1. The van der Waals surface area contributed by atoms with E-state index in [2.05, 4.69) is 15.5 Å². The number of amides is 2. The van der Waals surface area contributed by atoms with Gasteiger partial charge in [-0.2, -0.15) is 13.2 Å². The minimum absolute atomic E-state index is 0.00354. The van der Waals surface area contributed by atoms with Gasteiger partial charge in [0.1, 0.15) is 0 Å². The number of carbonyl (C=O) groups excluding carboxylic acids is 1. The number of alkyl halides is 3. The van der Waals surface area contributed by atoms with Crippen LogP contribution < -0.4 is 5.32 Å². The number of nitrogens with one attached hydrogen (secondary N) is 1. The summed E-state index contributed by atoms with van der Waals surface area (Å²) in [5, 5.41) is 10.6. The Balaban J connectivity index is 1.34. The summed E-state index contributed by atoms with van der Waals surface area (Å²) in [4.78, 5) is 14.0. The number of aromatic nitrogens is 2. The Kier molecular flexibility index (Phi) is 4.99. The highest BCUT2D eigenvalue weighted by molar-refractivity contribution is 5.89. The molecule has 1 fully saturated rings. The molecule has 0 aliphatic carbocycles. The summed E-state index contributed by atoms with van der Waals surface area (Å²) >= 11 is 0. The Bertz CT molecular complexity index is 977. The van der Waals surface area contributed by atoms with Crippen molar-refractivity contribution in [1.29, 1.82) is 0 Å². The van der Waals surface area contributed by atoms with E-state index in [1.54, 1.807) is 17.0 Å². The number of rotatable bonds is 3. The van der Waals surface area contributed by atoms with Crippen molar-refractivity contribution < 1.29 is 26.8 Å². The fraction of sp³-hybridized carbons (Fsp3) is 0.316. The standard InChI is InChI=1S/C19H17F3N4O3/c20-19(21,22)13-3-1-4-14(11-13)23-18(27)26-8-6-12(7-9-26)16-24-25-17(29-16)15-5-2-10-28-15/h1-5,10-12H,6-9H2,(H,23,27). The lowest BCUT2D eigenvalue weighted by molar-refractivity contribution is -0.137. The average molecular weight is 406 g/mol. The second-order valence-electron chi connectivity index (χ2n) is 6.69. The van der Waals surface area contributed by atoms with Crippen molar-refractivity contribution in [2.75, 3.05) is 18.4 Å². The molecule has 3 aromatic rings. The zero-order valence-electron chi connectivity index (χ0n) is 15.1. The van der Waals surface area contributed by atoms with Crippen molar-refractivity contribution >= 4 is 11.7 Å². The molecule has 0 unspecified atom stereocenters. The normalized spacial score (nSPS) is 15.5. The number of hydrogen-bond donors (Lipinski definition) is 1. The average Bonchev–Trinajstić information content (AvgIpc) is 3.39. The summed E-state index contributed by atoms with van der Waals surface area (Å²) in [5.74, 6) is 1.27. The van der Waals surface area contributed by atoms with E-state index in [1.165, 1.54) is 18.4 Å². The highest BCUT2D eigenvalue weighted by atomic mass is 19.4. The number of furan rings is 1. The number of piperidine rings is 1. The first-order chi connectivity index (χ1) is 13.9. The Morgan fingerprint density at radius 2 is 1.93 bits per heavy atom. The van der Waals surface area contributed by atoms with Gasteiger partial charge in [0.2, 0.25) is 5.89 Å². The number of nitrogens with zero attached hydrogens (tertiary/aromatic N) is 3. The molecule has 29 heavy (non-hydrogen) atoms. The number of hydrogen-bond acceptors (Lipinski definition) is 5. The second-order valence-corrected chi connectivity index (χ2v) is 6.69. The summed E-state index contributed by atoms with van der Waals surface area (Å²) in [6.07, 6.45) is -1.73. The maximum atomic E-state index is 12.8. The molecule has 0 saturated carbocycles. The monoisotopic (exact) mass is 406 g/mol. The molecule has 1 aromatic carbocycles. The lowest BCUT2D eigenvalue weighted by atomic mass is 9.97. The Labute approximate surface area is 163 Å². The smallest absolute Gasteiger partial charge is 0.416 e. The summed E-state index contributed by atoms with van der Waals surface area (Å²) in [5.41, 5.74) is -0.704. The van der Waals surface area contributed by atoms with Crippen LogP contribution in [0, 0.1) is 0 Å². The van der Waals surface area contributed by atoms with E-state index in [4.69, 9.17) is 8.83 Å². The van der Waals surface area contributed by atoms with Crippen LogP contribution in [0.4, 0.5) is 23.7 Å². The number of anilines is 1. The van der Waals surface area contributed by atoms with Crippen LogP contribution in [0.3, 0.4) is 0 Å². The lowest BCUT2D eigenvalue weighted by Crippen LogP contribution is -2.40. The summed E-state index contributed by atoms with van der Waals surface area (Å²) in [6, 6.07) is 7.57. The van der Waals surface area contributed by atoms with Gasteiger partial charge in [-0.05, 0) is 43.2 Å². The van der Waals surface area contributed by atoms with Crippen LogP contribution in [0.25, 0.3) is 11.7 Å². The zero-order chi connectivity index (χ0) is 20.4. The van der Waals surface area contributed by atoms with Gasteiger partial charge in [-0.3, -0.25) is 0 Å². The highest BCUT2D eigenvalue weighted by Crippen LogP contribution is 2.32. The first kappa shape index (κ1) is 19.0. The van der Waals surface area contributed by atoms with E-state index in [9.17, 15) is 18.0 Å². The highest BCUT2D eigenvalue weighted by Gasteiger charge is 2.31. The second kappa shape index (κ2) is 7.61. The molecule has 4 rings (SSSR count). The minimum atomic E-state index is -4.46. The molecule has 2 aromatic heterocycles.